The summed E-state index contributed by atoms with van der Waals surface area (Å²) >= 11 is 0. The highest BCUT2D eigenvalue weighted by atomic mass is 16.5. The first-order valence-electron chi connectivity index (χ1n) is 7.61. The van der Waals surface area contributed by atoms with Crippen LogP contribution in [0.3, 0.4) is 0 Å². The summed E-state index contributed by atoms with van der Waals surface area (Å²) in [6.45, 7) is 4.59. The van der Waals surface area contributed by atoms with Crippen molar-refractivity contribution < 1.29 is 14.3 Å². The van der Waals surface area contributed by atoms with E-state index < -0.39 is 0 Å². The van der Waals surface area contributed by atoms with E-state index in [0.29, 0.717) is 29.5 Å². The van der Waals surface area contributed by atoms with E-state index in [9.17, 15) is 9.59 Å². The van der Waals surface area contributed by atoms with Crippen molar-refractivity contribution in [3.8, 4) is 0 Å². The van der Waals surface area contributed by atoms with Crippen LogP contribution in [0.5, 0.6) is 0 Å². The van der Waals surface area contributed by atoms with Gasteiger partial charge in [-0.3, -0.25) is 9.78 Å². The van der Waals surface area contributed by atoms with E-state index in [4.69, 9.17) is 9.47 Å². The smallest absolute Gasteiger partial charge is 0.338 e. The summed E-state index contributed by atoms with van der Waals surface area (Å²) in [5.41, 5.74) is 1.41. The number of esters is 1. The zero-order chi connectivity index (χ0) is 17.5. The molecule has 2 aromatic rings. The minimum atomic E-state index is -0.358. The van der Waals surface area contributed by atoms with Gasteiger partial charge >= 0.3 is 5.97 Å². The molecule has 0 aliphatic rings. The number of carbonyl (C=O) groups is 1. The molecule has 0 aliphatic heterocycles. The van der Waals surface area contributed by atoms with Crippen LogP contribution < -0.4 is 10.9 Å². The summed E-state index contributed by atoms with van der Waals surface area (Å²) < 4.78 is 10.1. The van der Waals surface area contributed by atoms with E-state index in [-0.39, 0.29) is 24.1 Å². The molecule has 2 N–H and O–H groups in total. The molecule has 0 fully saturated rings. The average molecular weight is 331 g/mol. The van der Waals surface area contributed by atoms with E-state index in [1.807, 2.05) is 13.8 Å². The predicted octanol–water partition coefficient (Wildman–Crippen LogP) is 2.47. The second-order valence-corrected chi connectivity index (χ2v) is 5.71. The molecule has 2 rings (SSSR count). The van der Waals surface area contributed by atoms with Crippen molar-refractivity contribution in [2.24, 2.45) is 5.92 Å². The molecule has 7 nitrogen and oxygen atoms in total. The highest BCUT2D eigenvalue weighted by Crippen LogP contribution is 2.14. The molecule has 0 saturated carbocycles. The Kier molecular flexibility index (Phi) is 6.08. The average Bonchev–Trinajstić information content (AvgIpc) is 2.53. The van der Waals surface area contributed by atoms with Crippen LogP contribution in [0, 0.1) is 5.92 Å². The lowest BCUT2D eigenvalue weighted by atomic mass is 10.2. The van der Waals surface area contributed by atoms with E-state index in [2.05, 4.69) is 15.3 Å². The first kappa shape index (κ1) is 17.7. The van der Waals surface area contributed by atoms with Crippen LogP contribution in [-0.2, 0) is 16.1 Å². The zero-order valence-corrected chi connectivity index (χ0v) is 14.0. The van der Waals surface area contributed by atoms with Crippen molar-refractivity contribution in [1.82, 2.24) is 9.97 Å². The lowest BCUT2D eigenvalue weighted by molar-refractivity contribution is 0.0459. The first-order chi connectivity index (χ1) is 11.5. The monoisotopic (exact) mass is 331 g/mol. The summed E-state index contributed by atoms with van der Waals surface area (Å²) in [6.07, 6.45) is 0. The molecule has 1 heterocycles. The maximum Gasteiger partial charge on any atom is 0.338 e. The van der Waals surface area contributed by atoms with Gasteiger partial charge in [0.25, 0.3) is 5.56 Å². The molecule has 1 aromatic carbocycles. The Bertz CT molecular complexity index is 738. The maximum absolute atomic E-state index is 11.9. The predicted molar refractivity (Wildman–Crippen MR) is 90.4 cm³/mol. The van der Waals surface area contributed by atoms with Gasteiger partial charge in [0.05, 0.1) is 24.5 Å². The second-order valence-electron chi connectivity index (χ2n) is 5.71. The van der Waals surface area contributed by atoms with Crippen LogP contribution in [0.15, 0.2) is 35.1 Å². The minimum absolute atomic E-state index is 0.249. The molecule has 0 atom stereocenters. The van der Waals surface area contributed by atoms with Crippen molar-refractivity contribution in [1.29, 1.82) is 0 Å². The Hall–Kier alpha value is -2.67. The Balaban J connectivity index is 2.06. The van der Waals surface area contributed by atoms with Gasteiger partial charge in [0.1, 0.15) is 0 Å². The highest BCUT2D eigenvalue weighted by molar-refractivity contribution is 5.89. The van der Waals surface area contributed by atoms with Crippen molar-refractivity contribution in [2.45, 2.75) is 20.5 Å². The number of hydrogen-bond acceptors (Lipinski definition) is 6. The standard InChI is InChI=1S/C17H21N3O4/c1-11(2)9-24-16(22)12-4-6-13(7-5-12)18-17-19-14(10-23-3)8-15(21)20-17/h4-8,11H,9-10H2,1-3H3,(H2,18,19,20,21). The molecule has 0 spiro atoms. The lowest BCUT2D eigenvalue weighted by Crippen LogP contribution is -2.12. The molecule has 1 aromatic heterocycles. The van der Waals surface area contributed by atoms with E-state index in [1.54, 1.807) is 24.3 Å². The molecular weight excluding hydrogens is 310 g/mol. The summed E-state index contributed by atoms with van der Waals surface area (Å²) in [5.74, 6) is 0.241. The molecule has 0 aliphatic carbocycles. The third-order valence-corrected chi connectivity index (χ3v) is 3.02. The van der Waals surface area contributed by atoms with Crippen molar-refractivity contribution in [2.75, 3.05) is 19.0 Å². The van der Waals surface area contributed by atoms with Gasteiger partial charge in [-0.05, 0) is 30.2 Å². The van der Waals surface area contributed by atoms with Gasteiger partial charge < -0.3 is 14.8 Å². The molecular formula is C17H21N3O4. The highest BCUT2D eigenvalue weighted by Gasteiger charge is 2.08. The van der Waals surface area contributed by atoms with E-state index in [1.165, 1.54) is 13.2 Å². The molecule has 24 heavy (non-hydrogen) atoms. The minimum Gasteiger partial charge on any atom is -0.462 e. The normalized spacial score (nSPS) is 10.7. The largest absolute Gasteiger partial charge is 0.462 e. The number of carbonyl (C=O) groups excluding carboxylic acids is 1. The Morgan fingerprint density at radius 3 is 2.62 bits per heavy atom. The molecule has 128 valence electrons. The topological polar surface area (TPSA) is 93.3 Å². The number of anilines is 2. The third kappa shape index (κ3) is 5.20. The summed E-state index contributed by atoms with van der Waals surface area (Å²) in [4.78, 5) is 30.3. The maximum atomic E-state index is 11.9. The zero-order valence-electron chi connectivity index (χ0n) is 14.0. The fourth-order valence-electron chi connectivity index (χ4n) is 1.94. The number of benzene rings is 1. The van der Waals surface area contributed by atoms with Crippen molar-refractivity contribution in [3.63, 3.8) is 0 Å². The second kappa shape index (κ2) is 8.26. The quantitative estimate of drug-likeness (QED) is 0.757. The summed E-state index contributed by atoms with van der Waals surface area (Å²) in [5, 5.41) is 2.99. The van der Waals surface area contributed by atoms with E-state index >= 15 is 0 Å². The number of methoxy groups -OCH3 is 1. The summed E-state index contributed by atoms with van der Waals surface area (Å²) in [6, 6.07) is 8.12. The number of aromatic nitrogens is 2. The number of H-pyrrole nitrogens is 1. The number of ether oxygens (including phenoxy) is 2. The number of nitrogens with one attached hydrogen (secondary N) is 2. The van der Waals surface area contributed by atoms with Gasteiger partial charge in [-0.15, -0.1) is 0 Å². The molecule has 0 radical (unpaired) electrons. The summed E-state index contributed by atoms with van der Waals surface area (Å²) in [7, 11) is 1.53. The SMILES string of the molecule is COCc1cc(=O)[nH]c(Nc2ccc(C(=O)OCC(C)C)cc2)n1. The number of rotatable bonds is 7. The van der Waals surface area contributed by atoms with E-state index in [0.717, 1.165) is 0 Å². The van der Waals surface area contributed by atoms with Crippen LogP contribution in [0.2, 0.25) is 0 Å². The molecule has 0 amide bonds. The molecule has 7 heteroatoms. The van der Waals surface area contributed by atoms with Crippen LogP contribution in [0.1, 0.15) is 29.9 Å². The van der Waals surface area contributed by atoms with Gasteiger partial charge in [-0.2, -0.15) is 0 Å². The Morgan fingerprint density at radius 2 is 2.00 bits per heavy atom. The molecule has 0 saturated heterocycles. The third-order valence-electron chi connectivity index (χ3n) is 3.02. The van der Waals surface area contributed by atoms with Crippen molar-refractivity contribution >= 4 is 17.6 Å². The van der Waals surface area contributed by atoms with Gasteiger partial charge in [-0.1, -0.05) is 13.8 Å². The number of hydrogen-bond donors (Lipinski definition) is 2. The Labute approximate surface area is 140 Å². The van der Waals surface area contributed by atoms with Gasteiger partial charge in [-0.25, -0.2) is 9.78 Å². The fourth-order valence-corrected chi connectivity index (χ4v) is 1.94. The number of nitrogens with zero attached hydrogens (tertiary/aromatic N) is 1. The molecule has 0 unspecified atom stereocenters. The van der Waals surface area contributed by atoms with Gasteiger partial charge in [0.2, 0.25) is 5.95 Å². The van der Waals surface area contributed by atoms with Crippen LogP contribution in [0.25, 0.3) is 0 Å². The van der Waals surface area contributed by atoms with Crippen molar-refractivity contribution in [3.05, 3.63) is 51.9 Å². The molecule has 0 bridgehead atoms. The Morgan fingerprint density at radius 1 is 1.29 bits per heavy atom. The van der Waals surface area contributed by atoms with Crippen LogP contribution >= 0.6 is 0 Å². The number of aromatic amines is 1. The van der Waals surface area contributed by atoms with Crippen LogP contribution in [-0.4, -0.2) is 29.7 Å². The lowest BCUT2D eigenvalue weighted by Gasteiger charge is -2.09. The van der Waals surface area contributed by atoms with Gasteiger partial charge in [0.15, 0.2) is 0 Å². The van der Waals surface area contributed by atoms with Crippen LogP contribution in [0.4, 0.5) is 11.6 Å². The first-order valence-corrected chi connectivity index (χ1v) is 7.61. The fraction of sp³-hybridized carbons (Fsp3) is 0.353. The van der Waals surface area contributed by atoms with Gasteiger partial charge in [0, 0.05) is 18.9 Å².